The number of hydrogen-bond donors (Lipinski definition) is 1. The van der Waals surface area contributed by atoms with Crippen LogP contribution in [0.3, 0.4) is 0 Å². The summed E-state index contributed by atoms with van der Waals surface area (Å²) in [5, 5.41) is 11.8. The largest absolute Gasteiger partial charge is 0.474 e. The van der Waals surface area contributed by atoms with Gasteiger partial charge in [-0.2, -0.15) is 5.26 Å². The van der Waals surface area contributed by atoms with E-state index in [9.17, 15) is 4.79 Å². The first-order valence-corrected chi connectivity index (χ1v) is 7.60. The highest BCUT2D eigenvalue weighted by atomic mass is 16.5. The van der Waals surface area contributed by atoms with Crippen LogP contribution >= 0.6 is 0 Å². The van der Waals surface area contributed by atoms with Gasteiger partial charge in [0, 0.05) is 18.3 Å². The molecule has 1 N–H and O–H groups in total. The van der Waals surface area contributed by atoms with Crippen LogP contribution in [0.1, 0.15) is 41.6 Å². The van der Waals surface area contributed by atoms with E-state index in [0.29, 0.717) is 17.0 Å². The van der Waals surface area contributed by atoms with Crippen molar-refractivity contribution < 1.29 is 13.9 Å². The minimum absolute atomic E-state index is 0.0949. The molecule has 0 saturated heterocycles. The van der Waals surface area contributed by atoms with Crippen molar-refractivity contribution >= 4 is 5.91 Å². The van der Waals surface area contributed by atoms with Crippen molar-refractivity contribution in [1.82, 2.24) is 10.3 Å². The van der Waals surface area contributed by atoms with Crippen molar-refractivity contribution in [1.29, 1.82) is 5.26 Å². The van der Waals surface area contributed by atoms with Crippen LogP contribution in [0.25, 0.3) is 0 Å². The Morgan fingerprint density at radius 3 is 2.74 bits per heavy atom. The molecular formula is C17H17N3O3. The number of carbonyl (C=O) groups is 1. The van der Waals surface area contributed by atoms with Gasteiger partial charge in [-0.25, -0.2) is 4.98 Å². The van der Waals surface area contributed by atoms with Gasteiger partial charge in [0.05, 0.1) is 17.4 Å². The van der Waals surface area contributed by atoms with Gasteiger partial charge >= 0.3 is 0 Å². The lowest BCUT2D eigenvalue weighted by Crippen LogP contribution is -2.39. The molecule has 0 aromatic carbocycles. The molecule has 0 radical (unpaired) electrons. The van der Waals surface area contributed by atoms with E-state index >= 15 is 0 Å². The third-order valence-corrected chi connectivity index (χ3v) is 3.95. The maximum absolute atomic E-state index is 12.0. The maximum Gasteiger partial charge on any atom is 0.254 e. The van der Waals surface area contributed by atoms with Crippen LogP contribution in [0.4, 0.5) is 0 Å². The predicted octanol–water partition coefficient (Wildman–Crippen LogP) is 2.67. The van der Waals surface area contributed by atoms with Crippen LogP contribution in [0.15, 0.2) is 41.3 Å². The third-order valence-electron chi connectivity index (χ3n) is 3.95. The molecule has 23 heavy (non-hydrogen) atoms. The molecule has 118 valence electrons. The van der Waals surface area contributed by atoms with E-state index in [1.54, 1.807) is 18.2 Å². The van der Waals surface area contributed by atoms with E-state index in [4.69, 9.17) is 14.4 Å². The zero-order valence-corrected chi connectivity index (χ0v) is 12.6. The van der Waals surface area contributed by atoms with Crippen molar-refractivity contribution in [2.45, 2.75) is 37.8 Å². The zero-order chi connectivity index (χ0) is 16.1. The van der Waals surface area contributed by atoms with Gasteiger partial charge in [0.25, 0.3) is 5.91 Å². The second kappa shape index (κ2) is 6.97. The number of amides is 1. The van der Waals surface area contributed by atoms with Crippen LogP contribution in [-0.2, 0) is 0 Å². The minimum atomic E-state index is -0.100. The molecule has 0 bridgehead atoms. The van der Waals surface area contributed by atoms with Crippen LogP contribution in [0.2, 0.25) is 0 Å². The number of nitriles is 1. The van der Waals surface area contributed by atoms with E-state index in [2.05, 4.69) is 10.3 Å². The SMILES string of the molecule is N#Cc1ccc(OC2CCC(NC(=O)c3ccoc3)CC2)nc1. The molecular weight excluding hydrogens is 294 g/mol. The quantitative estimate of drug-likeness (QED) is 0.937. The average molecular weight is 311 g/mol. The molecule has 1 aliphatic rings. The molecule has 1 saturated carbocycles. The molecule has 3 rings (SSSR count). The molecule has 6 nitrogen and oxygen atoms in total. The Balaban J connectivity index is 1.46. The minimum Gasteiger partial charge on any atom is -0.474 e. The van der Waals surface area contributed by atoms with Crippen LogP contribution in [0.5, 0.6) is 5.88 Å². The molecule has 2 aromatic heterocycles. The summed E-state index contributed by atoms with van der Waals surface area (Å²) in [5.41, 5.74) is 1.06. The summed E-state index contributed by atoms with van der Waals surface area (Å²) in [4.78, 5) is 16.1. The Morgan fingerprint density at radius 1 is 1.30 bits per heavy atom. The zero-order valence-electron chi connectivity index (χ0n) is 12.6. The van der Waals surface area contributed by atoms with Gasteiger partial charge < -0.3 is 14.5 Å². The van der Waals surface area contributed by atoms with Crippen LogP contribution < -0.4 is 10.1 Å². The molecule has 6 heteroatoms. The lowest BCUT2D eigenvalue weighted by molar-refractivity contribution is 0.0889. The van der Waals surface area contributed by atoms with Crippen molar-refractivity contribution in [3.8, 4) is 11.9 Å². The fraction of sp³-hybridized carbons (Fsp3) is 0.353. The van der Waals surface area contributed by atoms with Crippen molar-refractivity contribution in [3.63, 3.8) is 0 Å². The highest BCUT2D eigenvalue weighted by Crippen LogP contribution is 2.23. The number of aromatic nitrogens is 1. The van der Waals surface area contributed by atoms with Gasteiger partial charge in [-0.3, -0.25) is 4.79 Å². The molecule has 1 amide bonds. The van der Waals surface area contributed by atoms with E-state index in [-0.39, 0.29) is 18.1 Å². The number of carbonyl (C=O) groups excluding carboxylic acids is 1. The molecule has 1 aliphatic carbocycles. The van der Waals surface area contributed by atoms with E-state index in [1.165, 1.54) is 18.7 Å². The van der Waals surface area contributed by atoms with Crippen molar-refractivity contribution in [2.24, 2.45) is 0 Å². The van der Waals surface area contributed by atoms with Crippen LogP contribution in [0, 0.1) is 11.3 Å². The summed E-state index contributed by atoms with van der Waals surface area (Å²) in [6.45, 7) is 0. The first kappa shape index (κ1) is 15.1. The number of nitrogens with one attached hydrogen (secondary N) is 1. The third kappa shape index (κ3) is 3.89. The summed E-state index contributed by atoms with van der Waals surface area (Å²) in [7, 11) is 0. The average Bonchev–Trinajstić information content (AvgIpc) is 3.12. The monoisotopic (exact) mass is 311 g/mol. The number of ether oxygens (including phenoxy) is 1. The fourth-order valence-corrected chi connectivity index (χ4v) is 2.67. The number of nitrogens with zero attached hydrogens (tertiary/aromatic N) is 2. The molecule has 2 heterocycles. The first-order valence-electron chi connectivity index (χ1n) is 7.60. The van der Waals surface area contributed by atoms with Gasteiger partial charge in [-0.1, -0.05) is 0 Å². The Morgan fingerprint density at radius 2 is 2.13 bits per heavy atom. The van der Waals surface area contributed by atoms with Gasteiger partial charge in [0.2, 0.25) is 5.88 Å². The summed E-state index contributed by atoms with van der Waals surface area (Å²) < 4.78 is 10.7. The van der Waals surface area contributed by atoms with Crippen molar-refractivity contribution in [2.75, 3.05) is 0 Å². The second-order valence-electron chi connectivity index (χ2n) is 5.57. The molecule has 0 aliphatic heterocycles. The summed E-state index contributed by atoms with van der Waals surface area (Å²) in [5.74, 6) is 0.437. The van der Waals surface area contributed by atoms with E-state index in [0.717, 1.165) is 25.7 Å². The standard InChI is InChI=1S/C17H17N3O3/c18-9-12-1-6-16(19-10-12)23-15-4-2-14(3-5-15)20-17(21)13-7-8-22-11-13/h1,6-8,10-11,14-15H,2-5H2,(H,20,21). The van der Waals surface area contributed by atoms with Gasteiger partial charge in [-0.15, -0.1) is 0 Å². The van der Waals surface area contributed by atoms with Gasteiger partial charge in [-0.05, 0) is 37.8 Å². The first-order chi connectivity index (χ1) is 11.2. The molecule has 2 aromatic rings. The van der Waals surface area contributed by atoms with E-state index in [1.807, 2.05) is 6.07 Å². The van der Waals surface area contributed by atoms with Crippen LogP contribution in [-0.4, -0.2) is 23.0 Å². The fourth-order valence-electron chi connectivity index (χ4n) is 2.67. The Kier molecular flexibility index (Phi) is 4.57. The molecule has 0 atom stereocenters. The Hall–Kier alpha value is -2.81. The highest BCUT2D eigenvalue weighted by molar-refractivity contribution is 5.93. The lowest BCUT2D eigenvalue weighted by atomic mass is 9.93. The van der Waals surface area contributed by atoms with Crippen molar-refractivity contribution in [3.05, 3.63) is 48.0 Å². The predicted molar refractivity (Wildman–Crippen MR) is 81.8 cm³/mol. The Labute approximate surface area is 134 Å². The summed E-state index contributed by atoms with van der Waals surface area (Å²) >= 11 is 0. The summed E-state index contributed by atoms with van der Waals surface area (Å²) in [6.07, 6.45) is 7.99. The smallest absolute Gasteiger partial charge is 0.254 e. The van der Waals surface area contributed by atoms with Gasteiger partial charge in [0.1, 0.15) is 18.4 Å². The second-order valence-corrected chi connectivity index (χ2v) is 5.57. The summed E-state index contributed by atoms with van der Waals surface area (Å²) in [6, 6.07) is 7.25. The number of pyridine rings is 1. The van der Waals surface area contributed by atoms with Gasteiger partial charge in [0.15, 0.2) is 0 Å². The molecule has 0 unspecified atom stereocenters. The maximum atomic E-state index is 12.0. The number of furan rings is 1. The molecule has 0 spiro atoms. The normalized spacial score (nSPS) is 20.5. The number of hydrogen-bond acceptors (Lipinski definition) is 5. The topological polar surface area (TPSA) is 88.1 Å². The van der Waals surface area contributed by atoms with E-state index < -0.39 is 0 Å². The Bertz CT molecular complexity index is 681. The lowest BCUT2D eigenvalue weighted by Gasteiger charge is -2.29. The molecule has 1 fully saturated rings. The number of rotatable bonds is 4. The highest BCUT2D eigenvalue weighted by Gasteiger charge is 2.24.